The average molecular weight is 244 g/mol. The zero-order chi connectivity index (χ0) is 12.5. The third-order valence-corrected chi connectivity index (χ3v) is 3.37. The SMILES string of the molecule is CCOC1=CC2Oc3ccccc3C(O)C2C=C1. The van der Waals surface area contributed by atoms with E-state index in [1.165, 1.54) is 0 Å². The minimum atomic E-state index is -0.518. The van der Waals surface area contributed by atoms with Crippen LogP contribution in [0.4, 0.5) is 0 Å². The Bertz CT molecular complexity index is 504. The molecule has 1 heterocycles. The highest BCUT2D eigenvalue weighted by Crippen LogP contribution is 2.41. The molecule has 1 aliphatic carbocycles. The largest absolute Gasteiger partial charge is 0.494 e. The second-order valence-corrected chi connectivity index (χ2v) is 4.50. The maximum atomic E-state index is 10.4. The molecule has 0 bridgehead atoms. The Morgan fingerprint density at radius 1 is 1.33 bits per heavy atom. The molecule has 0 amide bonds. The number of para-hydroxylation sites is 1. The van der Waals surface area contributed by atoms with Crippen molar-refractivity contribution < 1.29 is 14.6 Å². The first-order valence-corrected chi connectivity index (χ1v) is 6.26. The smallest absolute Gasteiger partial charge is 0.130 e. The number of hydrogen-bond donors (Lipinski definition) is 1. The van der Waals surface area contributed by atoms with E-state index in [4.69, 9.17) is 9.47 Å². The number of aliphatic hydroxyl groups excluding tert-OH is 1. The van der Waals surface area contributed by atoms with Gasteiger partial charge in [-0.3, -0.25) is 0 Å². The third-order valence-electron chi connectivity index (χ3n) is 3.37. The van der Waals surface area contributed by atoms with Crippen LogP contribution < -0.4 is 4.74 Å². The zero-order valence-corrected chi connectivity index (χ0v) is 10.2. The molecule has 1 aromatic rings. The van der Waals surface area contributed by atoms with Gasteiger partial charge >= 0.3 is 0 Å². The molecule has 0 fully saturated rings. The normalized spacial score (nSPS) is 28.8. The number of fused-ring (bicyclic) bond motifs is 2. The van der Waals surface area contributed by atoms with E-state index < -0.39 is 6.10 Å². The lowest BCUT2D eigenvalue weighted by molar-refractivity contribution is 0.0402. The summed E-state index contributed by atoms with van der Waals surface area (Å²) in [5, 5.41) is 10.4. The highest BCUT2D eigenvalue weighted by atomic mass is 16.5. The molecule has 3 unspecified atom stereocenters. The number of hydrogen-bond acceptors (Lipinski definition) is 3. The van der Waals surface area contributed by atoms with E-state index in [9.17, 15) is 5.11 Å². The Labute approximate surface area is 106 Å². The van der Waals surface area contributed by atoms with E-state index in [-0.39, 0.29) is 12.0 Å². The predicted octanol–water partition coefficient (Wildman–Crippen LogP) is 2.59. The van der Waals surface area contributed by atoms with Gasteiger partial charge in [0.2, 0.25) is 0 Å². The van der Waals surface area contributed by atoms with Crippen molar-refractivity contribution in [1.82, 2.24) is 0 Å². The van der Waals surface area contributed by atoms with Gasteiger partial charge in [-0.25, -0.2) is 0 Å². The van der Waals surface area contributed by atoms with Crippen molar-refractivity contribution in [1.29, 1.82) is 0 Å². The van der Waals surface area contributed by atoms with Crippen LogP contribution in [0.2, 0.25) is 0 Å². The quantitative estimate of drug-likeness (QED) is 0.869. The molecule has 3 rings (SSSR count). The molecule has 0 saturated carbocycles. The van der Waals surface area contributed by atoms with Crippen LogP contribution in [0.3, 0.4) is 0 Å². The summed E-state index contributed by atoms with van der Waals surface area (Å²) in [5.74, 6) is 1.53. The van der Waals surface area contributed by atoms with Crippen LogP contribution in [0, 0.1) is 5.92 Å². The fraction of sp³-hybridized carbons (Fsp3) is 0.333. The lowest BCUT2D eigenvalue weighted by Gasteiger charge is -2.36. The summed E-state index contributed by atoms with van der Waals surface area (Å²) in [7, 11) is 0. The van der Waals surface area contributed by atoms with Crippen LogP contribution in [0.5, 0.6) is 5.75 Å². The summed E-state index contributed by atoms with van der Waals surface area (Å²) in [5.41, 5.74) is 0.858. The summed E-state index contributed by atoms with van der Waals surface area (Å²) >= 11 is 0. The van der Waals surface area contributed by atoms with Gasteiger partial charge in [0.15, 0.2) is 0 Å². The van der Waals surface area contributed by atoms with Gasteiger partial charge in [0.1, 0.15) is 17.6 Å². The van der Waals surface area contributed by atoms with Gasteiger partial charge in [-0.15, -0.1) is 0 Å². The van der Waals surface area contributed by atoms with E-state index in [0.29, 0.717) is 6.61 Å². The minimum Gasteiger partial charge on any atom is -0.494 e. The van der Waals surface area contributed by atoms with Crippen molar-refractivity contribution in [2.24, 2.45) is 5.92 Å². The number of aliphatic hydroxyl groups is 1. The highest BCUT2D eigenvalue weighted by Gasteiger charge is 2.36. The summed E-state index contributed by atoms with van der Waals surface area (Å²) in [4.78, 5) is 0. The van der Waals surface area contributed by atoms with Gasteiger partial charge in [-0.05, 0) is 25.1 Å². The van der Waals surface area contributed by atoms with Crippen molar-refractivity contribution in [2.75, 3.05) is 6.61 Å². The van der Waals surface area contributed by atoms with E-state index in [1.54, 1.807) is 0 Å². The van der Waals surface area contributed by atoms with Crippen molar-refractivity contribution in [3.8, 4) is 5.75 Å². The first-order chi connectivity index (χ1) is 8.79. The molecule has 3 heteroatoms. The monoisotopic (exact) mass is 244 g/mol. The molecule has 1 aliphatic heterocycles. The summed E-state index contributed by atoms with van der Waals surface area (Å²) in [6.45, 7) is 2.58. The minimum absolute atomic E-state index is 0.0379. The molecular weight excluding hydrogens is 228 g/mol. The Morgan fingerprint density at radius 2 is 2.17 bits per heavy atom. The van der Waals surface area contributed by atoms with Crippen molar-refractivity contribution in [3.63, 3.8) is 0 Å². The molecule has 0 aromatic heterocycles. The maximum Gasteiger partial charge on any atom is 0.130 e. The molecule has 0 radical (unpaired) electrons. The molecule has 0 saturated heterocycles. The van der Waals surface area contributed by atoms with Gasteiger partial charge < -0.3 is 14.6 Å². The van der Waals surface area contributed by atoms with Gasteiger partial charge in [-0.2, -0.15) is 0 Å². The first kappa shape index (κ1) is 11.4. The van der Waals surface area contributed by atoms with E-state index in [1.807, 2.05) is 49.4 Å². The van der Waals surface area contributed by atoms with E-state index in [2.05, 4.69) is 0 Å². The third kappa shape index (κ3) is 1.81. The second-order valence-electron chi connectivity index (χ2n) is 4.50. The first-order valence-electron chi connectivity index (χ1n) is 6.26. The Kier molecular flexibility index (Phi) is 2.84. The number of ether oxygens (including phenoxy) is 2. The average Bonchev–Trinajstić information content (AvgIpc) is 2.39. The molecule has 2 aliphatic rings. The summed E-state index contributed by atoms with van der Waals surface area (Å²) in [6, 6.07) is 7.63. The Balaban J connectivity index is 1.93. The van der Waals surface area contributed by atoms with Gasteiger partial charge in [0.25, 0.3) is 0 Å². The second kappa shape index (κ2) is 4.50. The van der Waals surface area contributed by atoms with Crippen LogP contribution in [-0.4, -0.2) is 17.8 Å². The van der Waals surface area contributed by atoms with E-state index in [0.717, 1.165) is 17.1 Å². The lowest BCUT2D eigenvalue weighted by Crippen LogP contribution is -2.35. The van der Waals surface area contributed by atoms with Crippen LogP contribution in [0.15, 0.2) is 48.3 Å². The topological polar surface area (TPSA) is 38.7 Å². The summed E-state index contributed by atoms with van der Waals surface area (Å²) < 4.78 is 11.4. The standard InChI is InChI=1S/C15H16O3/c1-2-17-10-7-8-12-14(9-10)18-13-6-4-3-5-11(13)15(12)16/h3-9,12,14-16H,2H2,1H3. The maximum absolute atomic E-state index is 10.4. The van der Waals surface area contributed by atoms with Crippen LogP contribution in [0.25, 0.3) is 0 Å². The number of benzene rings is 1. The number of allylic oxidation sites excluding steroid dienone is 1. The molecule has 94 valence electrons. The molecule has 1 aromatic carbocycles. The molecule has 1 N–H and O–H groups in total. The molecule has 18 heavy (non-hydrogen) atoms. The highest BCUT2D eigenvalue weighted by molar-refractivity contribution is 5.41. The van der Waals surface area contributed by atoms with Gasteiger partial charge in [-0.1, -0.05) is 24.3 Å². The zero-order valence-electron chi connectivity index (χ0n) is 10.2. The van der Waals surface area contributed by atoms with Gasteiger partial charge in [0.05, 0.1) is 12.7 Å². The fourth-order valence-corrected chi connectivity index (χ4v) is 2.49. The van der Waals surface area contributed by atoms with Crippen LogP contribution in [-0.2, 0) is 4.74 Å². The molecule has 3 nitrogen and oxygen atoms in total. The van der Waals surface area contributed by atoms with Crippen molar-refractivity contribution in [3.05, 3.63) is 53.8 Å². The lowest BCUT2D eigenvalue weighted by atomic mass is 9.85. The molecule has 3 atom stereocenters. The van der Waals surface area contributed by atoms with Crippen molar-refractivity contribution in [2.45, 2.75) is 19.1 Å². The number of rotatable bonds is 2. The fourth-order valence-electron chi connectivity index (χ4n) is 2.49. The van der Waals surface area contributed by atoms with Crippen molar-refractivity contribution >= 4 is 0 Å². The van der Waals surface area contributed by atoms with Crippen LogP contribution >= 0.6 is 0 Å². The summed E-state index contributed by atoms with van der Waals surface area (Å²) in [6.07, 6.45) is 5.14. The Morgan fingerprint density at radius 3 is 3.00 bits per heavy atom. The van der Waals surface area contributed by atoms with Crippen LogP contribution in [0.1, 0.15) is 18.6 Å². The molecular formula is C15H16O3. The Hall–Kier alpha value is -1.74. The predicted molar refractivity (Wildman–Crippen MR) is 68.2 cm³/mol. The van der Waals surface area contributed by atoms with E-state index >= 15 is 0 Å². The van der Waals surface area contributed by atoms with Gasteiger partial charge in [0, 0.05) is 11.5 Å². The molecule has 0 spiro atoms.